The number of ether oxygens (including phenoxy) is 3. The van der Waals surface area contributed by atoms with E-state index in [0.29, 0.717) is 19.3 Å². The zero-order valence-electron chi connectivity index (χ0n) is 45.4. The molecule has 6 nitrogen and oxygen atoms in total. The van der Waals surface area contributed by atoms with E-state index in [0.717, 1.165) is 141 Å². The van der Waals surface area contributed by atoms with Crippen LogP contribution in [0.15, 0.2) is 146 Å². The standard InChI is InChI=1S/C65H102O6/c1-4-7-10-13-16-19-22-25-27-28-29-30-31-32-33-34-35-36-38-40-43-46-49-52-55-58-64(67)70-61-62(60-69-63(66)57-54-51-48-45-42-39-24-21-18-15-12-9-6-3)71-65(68)59-56-53-50-47-44-41-37-26-23-20-17-14-11-8-5-2/h7-12,16-21,25-27,29-30,32-33,37,39,42,44,47,62H,4-6,13-15,22-24,28,31,34-36,38,40-41,43,45-46,48-61H2,1-3H3/b10-7-,11-8-,12-9-,19-16-,20-17-,21-18-,27-25-,30-29-,33-32-,37-26-,42-39-,47-44-. The van der Waals surface area contributed by atoms with Gasteiger partial charge in [0.05, 0.1) is 0 Å². The minimum atomic E-state index is -0.821. The molecule has 0 heterocycles. The van der Waals surface area contributed by atoms with Crippen molar-refractivity contribution in [2.45, 2.75) is 232 Å². The first-order valence-electron chi connectivity index (χ1n) is 28.3. The van der Waals surface area contributed by atoms with Crippen LogP contribution in [-0.2, 0) is 28.6 Å². The van der Waals surface area contributed by atoms with Gasteiger partial charge in [-0.15, -0.1) is 0 Å². The molecule has 0 saturated carbocycles. The van der Waals surface area contributed by atoms with Gasteiger partial charge in [0.15, 0.2) is 6.10 Å². The Bertz CT molecular complexity index is 1590. The van der Waals surface area contributed by atoms with E-state index in [2.05, 4.69) is 167 Å². The Morgan fingerprint density at radius 1 is 0.282 bits per heavy atom. The predicted octanol–water partition coefficient (Wildman–Crippen LogP) is 19.2. The summed E-state index contributed by atoms with van der Waals surface area (Å²) in [4.78, 5) is 38.1. The maximum Gasteiger partial charge on any atom is 0.306 e. The maximum absolute atomic E-state index is 12.8. The molecule has 0 bridgehead atoms. The SMILES string of the molecule is CC/C=C\C/C=C\C/C=C\C/C=C\C/C=C\CCCCCCCCCCCC(=O)OCC(COC(=O)CCCCC/C=C\C/C=C\C/C=C\CC)OC(=O)CCCC/C=C\C/C=C\C/C=C\C/C=C\CC. The molecule has 0 aliphatic heterocycles. The Morgan fingerprint density at radius 2 is 0.507 bits per heavy atom. The number of carbonyl (C=O) groups is 3. The van der Waals surface area contributed by atoms with E-state index in [1.54, 1.807) is 0 Å². The molecule has 0 N–H and O–H groups in total. The molecular formula is C65H102O6. The summed E-state index contributed by atoms with van der Waals surface area (Å²) in [7, 11) is 0. The van der Waals surface area contributed by atoms with E-state index in [4.69, 9.17) is 14.2 Å². The fraction of sp³-hybridized carbons (Fsp3) is 0.585. The minimum Gasteiger partial charge on any atom is -0.462 e. The Kier molecular flexibility index (Phi) is 54.0. The highest BCUT2D eigenvalue weighted by Crippen LogP contribution is 2.13. The van der Waals surface area contributed by atoms with Crippen LogP contribution >= 0.6 is 0 Å². The number of unbranched alkanes of at least 4 members (excludes halogenated alkanes) is 14. The van der Waals surface area contributed by atoms with E-state index in [1.165, 1.54) is 38.5 Å². The molecule has 0 rings (SSSR count). The summed E-state index contributed by atoms with van der Waals surface area (Å²) in [6, 6.07) is 0. The fourth-order valence-electron chi connectivity index (χ4n) is 7.18. The normalized spacial score (nSPS) is 13.2. The molecule has 71 heavy (non-hydrogen) atoms. The Labute approximate surface area is 436 Å². The van der Waals surface area contributed by atoms with E-state index in [1.807, 2.05) is 0 Å². The van der Waals surface area contributed by atoms with E-state index < -0.39 is 6.10 Å². The van der Waals surface area contributed by atoms with Gasteiger partial charge in [-0.3, -0.25) is 14.4 Å². The largest absolute Gasteiger partial charge is 0.462 e. The van der Waals surface area contributed by atoms with E-state index in [9.17, 15) is 14.4 Å². The van der Waals surface area contributed by atoms with Gasteiger partial charge in [-0.05, 0) is 135 Å². The van der Waals surface area contributed by atoms with Crippen molar-refractivity contribution in [2.75, 3.05) is 13.2 Å². The van der Waals surface area contributed by atoms with Crippen LogP contribution in [0.2, 0.25) is 0 Å². The van der Waals surface area contributed by atoms with Gasteiger partial charge in [0.1, 0.15) is 13.2 Å². The fourth-order valence-corrected chi connectivity index (χ4v) is 7.18. The first-order valence-corrected chi connectivity index (χ1v) is 28.3. The molecule has 0 aliphatic rings. The monoisotopic (exact) mass is 979 g/mol. The maximum atomic E-state index is 12.8. The predicted molar refractivity (Wildman–Crippen MR) is 306 cm³/mol. The quantitative estimate of drug-likeness (QED) is 0.0262. The molecule has 0 aliphatic carbocycles. The summed E-state index contributed by atoms with van der Waals surface area (Å²) in [5.41, 5.74) is 0. The van der Waals surface area contributed by atoms with Crippen LogP contribution in [0, 0.1) is 0 Å². The van der Waals surface area contributed by atoms with Crippen LogP contribution in [0.25, 0.3) is 0 Å². The Balaban J connectivity index is 4.42. The van der Waals surface area contributed by atoms with Crippen LogP contribution in [0.5, 0.6) is 0 Å². The van der Waals surface area contributed by atoms with E-state index in [-0.39, 0.29) is 37.5 Å². The Morgan fingerprint density at radius 3 is 0.831 bits per heavy atom. The molecule has 0 radical (unpaired) electrons. The number of esters is 3. The van der Waals surface area contributed by atoms with Crippen LogP contribution in [0.4, 0.5) is 0 Å². The molecule has 6 heteroatoms. The molecule has 0 aromatic rings. The summed E-state index contributed by atoms with van der Waals surface area (Å²) in [6.45, 7) is 6.21. The first-order chi connectivity index (χ1) is 35.0. The summed E-state index contributed by atoms with van der Waals surface area (Å²) >= 11 is 0. The van der Waals surface area contributed by atoms with Crippen molar-refractivity contribution < 1.29 is 28.6 Å². The number of rotatable bonds is 49. The van der Waals surface area contributed by atoms with Gasteiger partial charge in [0.2, 0.25) is 0 Å². The molecule has 398 valence electrons. The van der Waals surface area contributed by atoms with Gasteiger partial charge in [0.25, 0.3) is 0 Å². The average molecular weight is 980 g/mol. The lowest BCUT2D eigenvalue weighted by Gasteiger charge is -2.18. The summed E-state index contributed by atoms with van der Waals surface area (Å²) in [6.07, 6.45) is 82.7. The van der Waals surface area contributed by atoms with Crippen LogP contribution in [-0.4, -0.2) is 37.2 Å². The highest BCUT2D eigenvalue weighted by atomic mass is 16.6. The molecule has 0 fully saturated rings. The molecule has 0 spiro atoms. The van der Waals surface area contributed by atoms with Crippen molar-refractivity contribution in [3.63, 3.8) is 0 Å². The highest BCUT2D eigenvalue weighted by Gasteiger charge is 2.19. The molecule has 1 unspecified atom stereocenters. The third kappa shape index (κ3) is 56.1. The Hall–Kier alpha value is -4.71. The van der Waals surface area contributed by atoms with Crippen LogP contribution in [0.3, 0.4) is 0 Å². The van der Waals surface area contributed by atoms with Gasteiger partial charge in [-0.2, -0.15) is 0 Å². The molecular weight excluding hydrogens is 877 g/mol. The van der Waals surface area contributed by atoms with Crippen LogP contribution < -0.4 is 0 Å². The number of carbonyl (C=O) groups excluding carboxylic acids is 3. The van der Waals surface area contributed by atoms with Gasteiger partial charge >= 0.3 is 17.9 Å². The summed E-state index contributed by atoms with van der Waals surface area (Å²) in [5.74, 6) is -0.999. The lowest BCUT2D eigenvalue weighted by atomic mass is 10.1. The number of hydrogen-bond donors (Lipinski definition) is 0. The lowest BCUT2D eigenvalue weighted by molar-refractivity contribution is -0.167. The summed E-state index contributed by atoms with van der Waals surface area (Å²) in [5, 5.41) is 0. The van der Waals surface area contributed by atoms with E-state index >= 15 is 0 Å². The van der Waals surface area contributed by atoms with Gasteiger partial charge in [0, 0.05) is 19.3 Å². The second-order valence-electron chi connectivity index (χ2n) is 18.0. The second kappa shape index (κ2) is 57.9. The molecule has 0 amide bonds. The van der Waals surface area contributed by atoms with Crippen LogP contribution in [0.1, 0.15) is 226 Å². The highest BCUT2D eigenvalue weighted by molar-refractivity contribution is 5.71. The zero-order chi connectivity index (χ0) is 51.4. The smallest absolute Gasteiger partial charge is 0.306 e. The van der Waals surface area contributed by atoms with Crippen molar-refractivity contribution >= 4 is 17.9 Å². The lowest BCUT2D eigenvalue weighted by Crippen LogP contribution is -2.30. The molecule has 1 atom stereocenters. The molecule has 0 saturated heterocycles. The van der Waals surface area contributed by atoms with Crippen molar-refractivity contribution in [1.29, 1.82) is 0 Å². The topological polar surface area (TPSA) is 78.9 Å². The number of allylic oxidation sites excluding steroid dienone is 24. The van der Waals surface area contributed by atoms with Gasteiger partial charge in [-0.1, -0.05) is 218 Å². The van der Waals surface area contributed by atoms with Crippen molar-refractivity contribution in [3.05, 3.63) is 146 Å². The van der Waals surface area contributed by atoms with Gasteiger partial charge < -0.3 is 14.2 Å². The third-order valence-corrected chi connectivity index (χ3v) is 11.3. The molecule has 0 aromatic carbocycles. The zero-order valence-corrected chi connectivity index (χ0v) is 45.4. The van der Waals surface area contributed by atoms with Crippen molar-refractivity contribution in [3.8, 4) is 0 Å². The molecule has 0 aromatic heterocycles. The minimum absolute atomic E-state index is 0.113. The third-order valence-electron chi connectivity index (χ3n) is 11.3. The first kappa shape index (κ1) is 66.3. The average Bonchev–Trinajstić information content (AvgIpc) is 3.37. The van der Waals surface area contributed by atoms with Gasteiger partial charge in [-0.25, -0.2) is 0 Å². The van der Waals surface area contributed by atoms with Crippen molar-refractivity contribution in [1.82, 2.24) is 0 Å². The summed E-state index contributed by atoms with van der Waals surface area (Å²) < 4.78 is 16.8. The van der Waals surface area contributed by atoms with Crippen molar-refractivity contribution in [2.24, 2.45) is 0 Å². The number of hydrogen-bond acceptors (Lipinski definition) is 6. The second-order valence-corrected chi connectivity index (χ2v) is 18.0.